The van der Waals surface area contributed by atoms with Gasteiger partial charge in [-0.1, -0.05) is 17.7 Å². The van der Waals surface area contributed by atoms with Gasteiger partial charge in [0.05, 0.1) is 4.47 Å². The lowest BCUT2D eigenvalue weighted by molar-refractivity contribution is 1.15. The summed E-state index contributed by atoms with van der Waals surface area (Å²) in [6.07, 6.45) is 1.59. The fraction of sp³-hybridized carbons (Fsp3) is 0. The van der Waals surface area contributed by atoms with Crippen molar-refractivity contribution < 1.29 is 0 Å². The molecule has 1 heterocycles. The smallest absolute Gasteiger partial charge is 0.224 e. The fourth-order valence-electron chi connectivity index (χ4n) is 1.14. The second-order valence-electron chi connectivity index (χ2n) is 2.97. The summed E-state index contributed by atoms with van der Waals surface area (Å²) in [6, 6.07) is 7.33. The summed E-state index contributed by atoms with van der Waals surface area (Å²) in [5.41, 5.74) is 0.836. The van der Waals surface area contributed by atoms with E-state index in [2.05, 4.69) is 31.2 Å². The van der Waals surface area contributed by atoms with Crippen LogP contribution in [0.1, 0.15) is 0 Å². The van der Waals surface area contributed by atoms with Crippen molar-refractivity contribution in [1.29, 1.82) is 0 Å². The first-order valence-electron chi connectivity index (χ1n) is 4.36. The molecule has 3 nitrogen and oxygen atoms in total. The Morgan fingerprint density at radius 2 is 2.06 bits per heavy atom. The normalized spacial score (nSPS) is 10.2. The first-order valence-corrected chi connectivity index (χ1v) is 5.90. The maximum atomic E-state index is 5.87. The minimum Gasteiger partial charge on any atom is -0.339 e. The largest absolute Gasteiger partial charge is 0.339 e. The molecule has 1 N–H and O–H groups in total. The van der Waals surface area contributed by atoms with Crippen LogP contribution in [0, 0.1) is 0 Å². The fourth-order valence-corrected chi connectivity index (χ4v) is 1.75. The quantitative estimate of drug-likeness (QED) is 0.839. The molecule has 0 aliphatic heterocycles. The predicted molar refractivity (Wildman–Crippen MR) is 69.5 cm³/mol. The molecule has 6 heteroatoms. The monoisotopic (exact) mass is 317 g/mol. The minimum atomic E-state index is 0.188. The SMILES string of the molecule is Clc1cccc(Nc2nc(Cl)ncc2Br)c1. The zero-order valence-electron chi connectivity index (χ0n) is 7.92. The molecule has 1 aromatic carbocycles. The standard InChI is InChI=1S/C10H6BrCl2N3/c11-8-5-14-10(13)16-9(8)15-7-3-1-2-6(12)4-7/h1-5H,(H,14,15,16). The second-order valence-corrected chi connectivity index (χ2v) is 4.60. The maximum Gasteiger partial charge on any atom is 0.224 e. The molecule has 0 atom stereocenters. The van der Waals surface area contributed by atoms with Gasteiger partial charge in [0.15, 0.2) is 0 Å². The van der Waals surface area contributed by atoms with E-state index in [1.54, 1.807) is 18.3 Å². The molecule has 0 fully saturated rings. The van der Waals surface area contributed by atoms with E-state index in [1.807, 2.05) is 12.1 Å². The number of anilines is 2. The van der Waals surface area contributed by atoms with Crippen molar-refractivity contribution in [3.8, 4) is 0 Å². The molecule has 0 bridgehead atoms. The van der Waals surface area contributed by atoms with Gasteiger partial charge < -0.3 is 5.32 Å². The van der Waals surface area contributed by atoms with E-state index < -0.39 is 0 Å². The van der Waals surface area contributed by atoms with Crippen molar-refractivity contribution in [2.24, 2.45) is 0 Å². The van der Waals surface area contributed by atoms with Crippen LogP contribution in [0.3, 0.4) is 0 Å². The van der Waals surface area contributed by atoms with E-state index >= 15 is 0 Å². The lowest BCUT2D eigenvalue weighted by Crippen LogP contribution is -1.96. The molecule has 0 radical (unpaired) electrons. The Bertz CT molecular complexity index is 519. The van der Waals surface area contributed by atoms with Crippen LogP contribution < -0.4 is 5.32 Å². The molecule has 0 aliphatic carbocycles. The highest BCUT2D eigenvalue weighted by molar-refractivity contribution is 9.10. The Labute approximate surface area is 111 Å². The summed E-state index contributed by atoms with van der Waals surface area (Å²) < 4.78 is 0.733. The molecule has 1 aromatic heterocycles. The average molecular weight is 319 g/mol. The van der Waals surface area contributed by atoms with Crippen molar-refractivity contribution in [3.63, 3.8) is 0 Å². The van der Waals surface area contributed by atoms with Gasteiger partial charge in [-0.15, -0.1) is 0 Å². The molecule has 0 unspecified atom stereocenters. The molecule has 0 amide bonds. The highest BCUT2D eigenvalue weighted by Gasteiger charge is 2.04. The number of hydrogen-bond donors (Lipinski definition) is 1. The van der Waals surface area contributed by atoms with Gasteiger partial charge in [-0.2, -0.15) is 4.98 Å². The number of benzene rings is 1. The highest BCUT2D eigenvalue weighted by Crippen LogP contribution is 2.25. The highest BCUT2D eigenvalue weighted by atomic mass is 79.9. The van der Waals surface area contributed by atoms with E-state index in [4.69, 9.17) is 23.2 Å². The third-order valence-corrected chi connectivity index (χ3v) is 2.80. The second kappa shape index (κ2) is 4.99. The summed E-state index contributed by atoms with van der Waals surface area (Å²) >= 11 is 14.9. The number of nitrogens with one attached hydrogen (secondary N) is 1. The maximum absolute atomic E-state index is 5.87. The van der Waals surface area contributed by atoms with E-state index in [0.29, 0.717) is 10.8 Å². The van der Waals surface area contributed by atoms with Crippen LogP contribution >= 0.6 is 39.1 Å². The number of aromatic nitrogens is 2. The summed E-state index contributed by atoms with van der Waals surface area (Å²) in [5, 5.41) is 3.93. The zero-order valence-corrected chi connectivity index (χ0v) is 11.0. The van der Waals surface area contributed by atoms with E-state index in [9.17, 15) is 0 Å². The molecular weight excluding hydrogens is 313 g/mol. The summed E-state index contributed by atoms with van der Waals surface area (Å²) in [4.78, 5) is 7.89. The van der Waals surface area contributed by atoms with Gasteiger partial charge in [0.2, 0.25) is 5.28 Å². The predicted octanol–water partition coefficient (Wildman–Crippen LogP) is 4.29. The van der Waals surface area contributed by atoms with Gasteiger partial charge in [-0.25, -0.2) is 4.98 Å². The van der Waals surface area contributed by atoms with Gasteiger partial charge in [0.25, 0.3) is 0 Å². The lowest BCUT2D eigenvalue weighted by Gasteiger charge is -2.07. The van der Waals surface area contributed by atoms with Crippen LogP contribution in [0.5, 0.6) is 0 Å². The number of hydrogen-bond acceptors (Lipinski definition) is 3. The Hall–Kier alpha value is -0.840. The first kappa shape index (κ1) is 11.6. The number of nitrogens with zero attached hydrogens (tertiary/aromatic N) is 2. The molecule has 0 aliphatic rings. The van der Waals surface area contributed by atoms with Crippen LogP contribution in [0.25, 0.3) is 0 Å². The Morgan fingerprint density at radius 1 is 1.25 bits per heavy atom. The third kappa shape index (κ3) is 2.84. The van der Waals surface area contributed by atoms with Gasteiger partial charge >= 0.3 is 0 Å². The minimum absolute atomic E-state index is 0.188. The van der Waals surface area contributed by atoms with Crippen molar-refractivity contribution in [2.45, 2.75) is 0 Å². The Morgan fingerprint density at radius 3 is 2.81 bits per heavy atom. The van der Waals surface area contributed by atoms with Crippen molar-refractivity contribution in [1.82, 2.24) is 9.97 Å². The van der Waals surface area contributed by atoms with Gasteiger partial charge in [-0.3, -0.25) is 0 Å². The van der Waals surface area contributed by atoms with Crippen molar-refractivity contribution in [3.05, 3.63) is 45.2 Å². The van der Waals surface area contributed by atoms with Crippen LogP contribution in [0.4, 0.5) is 11.5 Å². The summed E-state index contributed by atoms with van der Waals surface area (Å²) in [7, 11) is 0. The molecule has 0 spiro atoms. The Balaban J connectivity index is 2.30. The van der Waals surface area contributed by atoms with Gasteiger partial charge in [-0.05, 0) is 45.7 Å². The molecule has 2 aromatic rings. The van der Waals surface area contributed by atoms with Crippen LogP contribution in [-0.2, 0) is 0 Å². The number of halogens is 3. The summed E-state index contributed by atoms with van der Waals surface area (Å²) in [6.45, 7) is 0. The van der Waals surface area contributed by atoms with Crippen LogP contribution in [0.2, 0.25) is 10.3 Å². The van der Waals surface area contributed by atoms with Gasteiger partial charge in [0, 0.05) is 16.9 Å². The van der Waals surface area contributed by atoms with Crippen LogP contribution in [0.15, 0.2) is 34.9 Å². The zero-order chi connectivity index (χ0) is 11.5. The van der Waals surface area contributed by atoms with E-state index in [-0.39, 0.29) is 5.28 Å². The van der Waals surface area contributed by atoms with Crippen molar-refractivity contribution >= 4 is 50.6 Å². The molecular formula is C10H6BrCl2N3. The molecule has 0 saturated carbocycles. The Kier molecular flexibility index (Phi) is 3.63. The van der Waals surface area contributed by atoms with Crippen molar-refractivity contribution in [2.75, 3.05) is 5.32 Å². The lowest BCUT2D eigenvalue weighted by atomic mass is 10.3. The number of rotatable bonds is 2. The molecule has 16 heavy (non-hydrogen) atoms. The average Bonchev–Trinajstić information content (AvgIpc) is 2.24. The molecule has 0 saturated heterocycles. The van der Waals surface area contributed by atoms with Crippen LogP contribution in [-0.4, -0.2) is 9.97 Å². The molecule has 82 valence electrons. The van der Waals surface area contributed by atoms with E-state index in [0.717, 1.165) is 10.2 Å². The third-order valence-electron chi connectivity index (χ3n) is 1.80. The topological polar surface area (TPSA) is 37.8 Å². The van der Waals surface area contributed by atoms with E-state index in [1.165, 1.54) is 0 Å². The summed E-state index contributed by atoms with van der Waals surface area (Å²) in [5.74, 6) is 0.599. The van der Waals surface area contributed by atoms with Gasteiger partial charge in [0.1, 0.15) is 5.82 Å². The molecule has 2 rings (SSSR count). The first-order chi connectivity index (χ1) is 7.65.